The molecule has 0 spiro atoms. The number of benzene rings is 1. The van der Waals surface area contributed by atoms with Gasteiger partial charge in [-0.25, -0.2) is 0 Å². The van der Waals surface area contributed by atoms with Crippen LogP contribution in [0.4, 0.5) is 0 Å². The summed E-state index contributed by atoms with van der Waals surface area (Å²) in [6, 6.07) is 8.29. The maximum Gasteiger partial charge on any atom is 0.119 e. The molecule has 2 aliphatic carbocycles. The van der Waals surface area contributed by atoms with Crippen molar-refractivity contribution >= 4 is 0 Å². The highest BCUT2D eigenvalue weighted by Gasteiger charge is 2.30. The molecule has 0 unspecified atom stereocenters. The Bertz CT molecular complexity index is 589. The monoisotopic (exact) mass is 366 g/mol. The van der Waals surface area contributed by atoms with E-state index in [0.29, 0.717) is 5.92 Å². The van der Waals surface area contributed by atoms with E-state index >= 15 is 0 Å². The fraction of sp³-hybridized carbons (Fsp3) is 0.692. The second-order valence-electron chi connectivity index (χ2n) is 8.82. The number of hydrogen-bond donors (Lipinski definition) is 0. The van der Waals surface area contributed by atoms with Crippen molar-refractivity contribution in [3.8, 4) is 17.6 Å². The third-order valence-corrected chi connectivity index (χ3v) is 6.77. The zero-order valence-electron chi connectivity index (χ0n) is 17.5. The van der Waals surface area contributed by atoms with Gasteiger partial charge in [-0.2, -0.15) is 0 Å². The third kappa shape index (κ3) is 6.31. The lowest BCUT2D eigenvalue weighted by atomic mass is 9.69. The molecule has 2 fully saturated rings. The first kappa shape index (κ1) is 20.3. The molecule has 0 bridgehead atoms. The van der Waals surface area contributed by atoms with Gasteiger partial charge >= 0.3 is 0 Å². The van der Waals surface area contributed by atoms with Gasteiger partial charge in [-0.1, -0.05) is 51.4 Å². The predicted molar refractivity (Wildman–Crippen MR) is 115 cm³/mol. The van der Waals surface area contributed by atoms with Crippen LogP contribution in [0.5, 0.6) is 5.75 Å². The number of ether oxygens (including phenoxy) is 1. The van der Waals surface area contributed by atoms with Crippen molar-refractivity contribution < 1.29 is 4.74 Å². The Hall–Kier alpha value is -1.42. The summed E-state index contributed by atoms with van der Waals surface area (Å²) < 4.78 is 5.65. The molecule has 2 saturated carbocycles. The molecule has 0 saturated heterocycles. The molecule has 148 valence electrons. The Morgan fingerprint density at radius 2 is 1.44 bits per heavy atom. The summed E-state index contributed by atoms with van der Waals surface area (Å²) in [6.45, 7) is 5.25. The minimum atomic E-state index is 0.605. The van der Waals surface area contributed by atoms with E-state index in [4.69, 9.17) is 4.74 Å². The highest BCUT2D eigenvalue weighted by Crippen LogP contribution is 2.42. The number of hydrogen-bond acceptors (Lipinski definition) is 1. The van der Waals surface area contributed by atoms with Crippen molar-refractivity contribution in [1.82, 2.24) is 0 Å². The van der Waals surface area contributed by atoms with Crippen LogP contribution in [0, 0.1) is 35.5 Å². The Kier molecular flexibility index (Phi) is 8.12. The second kappa shape index (κ2) is 10.8. The van der Waals surface area contributed by atoms with Crippen LogP contribution < -0.4 is 4.74 Å². The van der Waals surface area contributed by atoms with E-state index in [9.17, 15) is 0 Å². The summed E-state index contributed by atoms with van der Waals surface area (Å²) in [5.74, 6) is 11.6. The molecule has 27 heavy (non-hydrogen) atoms. The van der Waals surface area contributed by atoms with Crippen molar-refractivity contribution in [2.75, 3.05) is 6.61 Å². The minimum absolute atomic E-state index is 0.605. The fourth-order valence-electron chi connectivity index (χ4n) is 5.13. The van der Waals surface area contributed by atoms with Crippen LogP contribution in [0.2, 0.25) is 0 Å². The quantitative estimate of drug-likeness (QED) is 0.482. The minimum Gasteiger partial charge on any atom is -0.494 e. The van der Waals surface area contributed by atoms with Crippen LogP contribution in [-0.2, 0) is 0 Å². The summed E-state index contributed by atoms with van der Waals surface area (Å²) in [4.78, 5) is 0. The molecule has 0 heterocycles. The molecule has 0 atom stereocenters. The van der Waals surface area contributed by atoms with E-state index in [2.05, 4.69) is 37.8 Å². The summed E-state index contributed by atoms with van der Waals surface area (Å²) in [6.07, 6.45) is 15.3. The van der Waals surface area contributed by atoms with Gasteiger partial charge in [0.25, 0.3) is 0 Å². The van der Waals surface area contributed by atoms with Crippen molar-refractivity contribution in [3.63, 3.8) is 0 Å². The summed E-state index contributed by atoms with van der Waals surface area (Å²) in [5, 5.41) is 0. The van der Waals surface area contributed by atoms with Gasteiger partial charge in [0.15, 0.2) is 0 Å². The standard InChI is InChI=1S/C26H38O/c1-3-5-21-8-14-24(15-9-21)25-16-10-22(11-17-25)6-7-23-12-18-26(19-13-23)27-20-4-2/h12-13,18-19,21-22,24-25H,3-5,8-11,14-17,20H2,1-2H3. The average Bonchev–Trinajstić information content (AvgIpc) is 2.73. The molecule has 0 aromatic heterocycles. The van der Waals surface area contributed by atoms with Gasteiger partial charge in [0.1, 0.15) is 5.75 Å². The van der Waals surface area contributed by atoms with Crippen LogP contribution in [0.15, 0.2) is 24.3 Å². The molecule has 0 N–H and O–H groups in total. The molecule has 1 heteroatoms. The third-order valence-electron chi connectivity index (χ3n) is 6.77. The van der Waals surface area contributed by atoms with Gasteiger partial charge in [-0.05, 0) is 87.0 Å². The molecular weight excluding hydrogens is 328 g/mol. The van der Waals surface area contributed by atoms with Crippen molar-refractivity contribution in [3.05, 3.63) is 29.8 Å². The molecule has 0 radical (unpaired) electrons. The molecule has 1 aromatic rings. The van der Waals surface area contributed by atoms with Crippen molar-refractivity contribution in [1.29, 1.82) is 0 Å². The van der Waals surface area contributed by atoms with E-state index in [1.54, 1.807) is 0 Å². The highest BCUT2D eigenvalue weighted by atomic mass is 16.5. The van der Waals surface area contributed by atoms with E-state index < -0.39 is 0 Å². The Morgan fingerprint density at radius 3 is 2.04 bits per heavy atom. The first-order valence-corrected chi connectivity index (χ1v) is 11.5. The second-order valence-corrected chi connectivity index (χ2v) is 8.82. The van der Waals surface area contributed by atoms with Crippen LogP contribution >= 0.6 is 0 Å². The molecule has 1 aromatic carbocycles. The van der Waals surface area contributed by atoms with Gasteiger partial charge in [0.2, 0.25) is 0 Å². The molecule has 1 nitrogen and oxygen atoms in total. The fourth-order valence-corrected chi connectivity index (χ4v) is 5.13. The van der Waals surface area contributed by atoms with Crippen LogP contribution in [0.3, 0.4) is 0 Å². The SMILES string of the molecule is CCCOc1ccc(C#CC2CCC(C3CCC(CCC)CC3)CC2)cc1. The van der Waals surface area contributed by atoms with Gasteiger partial charge < -0.3 is 4.74 Å². The average molecular weight is 367 g/mol. The lowest BCUT2D eigenvalue weighted by Gasteiger charge is -2.37. The molecular formula is C26H38O. The Balaban J connectivity index is 1.42. The Morgan fingerprint density at radius 1 is 0.815 bits per heavy atom. The molecule has 0 amide bonds. The highest BCUT2D eigenvalue weighted by molar-refractivity contribution is 5.38. The first-order valence-electron chi connectivity index (χ1n) is 11.5. The van der Waals surface area contributed by atoms with Gasteiger partial charge in [-0.3, -0.25) is 0 Å². The summed E-state index contributed by atoms with van der Waals surface area (Å²) in [7, 11) is 0. The lowest BCUT2D eigenvalue weighted by molar-refractivity contribution is 0.154. The maximum absolute atomic E-state index is 5.65. The molecule has 2 aliphatic rings. The summed E-state index contributed by atoms with van der Waals surface area (Å²) in [5.41, 5.74) is 1.12. The first-order chi connectivity index (χ1) is 13.3. The van der Waals surface area contributed by atoms with Crippen LogP contribution in [0.1, 0.15) is 90.0 Å². The van der Waals surface area contributed by atoms with Gasteiger partial charge in [0, 0.05) is 11.5 Å². The molecule has 0 aliphatic heterocycles. The van der Waals surface area contributed by atoms with E-state index in [1.807, 2.05) is 12.1 Å². The molecule has 3 rings (SSSR count). The zero-order valence-corrected chi connectivity index (χ0v) is 17.5. The predicted octanol–water partition coefficient (Wildman–Crippen LogP) is 7.24. The normalized spacial score (nSPS) is 28.2. The van der Waals surface area contributed by atoms with E-state index in [1.165, 1.54) is 64.2 Å². The Labute approximate surface area is 167 Å². The van der Waals surface area contributed by atoms with Crippen molar-refractivity contribution in [2.45, 2.75) is 84.5 Å². The van der Waals surface area contributed by atoms with Gasteiger partial charge in [-0.15, -0.1) is 0 Å². The maximum atomic E-state index is 5.65. The van der Waals surface area contributed by atoms with E-state index in [-0.39, 0.29) is 0 Å². The smallest absolute Gasteiger partial charge is 0.119 e. The van der Waals surface area contributed by atoms with Crippen LogP contribution in [-0.4, -0.2) is 6.61 Å². The lowest BCUT2D eigenvalue weighted by Crippen LogP contribution is -2.25. The topological polar surface area (TPSA) is 9.23 Å². The van der Waals surface area contributed by atoms with Gasteiger partial charge in [0.05, 0.1) is 6.61 Å². The van der Waals surface area contributed by atoms with Crippen LogP contribution in [0.25, 0.3) is 0 Å². The number of rotatable bonds is 6. The summed E-state index contributed by atoms with van der Waals surface area (Å²) >= 11 is 0. The zero-order chi connectivity index (χ0) is 18.9. The van der Waals surface area contributed by atoms with E-state index in [0.717, 1.165) is 42.1 Å². The van der Waals surface area contributed by atoms with Crippen molar-refractivity contribution in [2.24, 2.45) is 23.7 Å². The largest absolute Gasteiger partial charge is 0.494 e.